The minimum absolute atomic E-state index is 0.471. The van der Waals surface area contributed by atoms with E-state index in [4.69, 9.17) is 15.2 Å². The fourth-order valence-corrected chi connectivity index (χ4v) is 3.48. The number of nitrogens with one attached hydrogen (secondary N) is 1. The zero-order valence-corrected chi connectivity index (χ0v) is 17.3. The number of hydrogen-bond donors (Lipinski definition) is 2. The van der Waals surface area contributed by atoms with Gasteiger partial charge in [0.25, 0.3) is 0 Å². The smallest absolute Gasteiger partial charge is 0.219 e. The third-order valence-corrected chi connectivity index (χ3v) is 5.02. The van der Waals surface area contributed by atoms with Gasteiger partial charge in [-0.3, -0.25) is 4.90 Å². The van der Waals surface area contributed by atoms with E-state index in [1.54, 1.807) is 6.20 Å². The highest BCUT2D eigenvalue weighted by Gasteiger charge is 2.22. The minimum atomic E-state index is 0.471. The van der Waals surface area contributed by atoms with Crippen molar-refractivity contribution >= 4 is 5.96 Å². The van der Waals surface area contributed by atoms with Crippen molar-refractivity contribution in [3.8, 4) is 17.4 Å². The number of benzene rings is 1. The molecule has 2 aromatic rings. The molecule has 3 rings (SSSR count). The Hall–Kier alpha value is -2.80. The van der Waals surface area contributed by atoms with E-state index in [-0.39, 0.29) is 0 Å². The van der Waals surface area contributed by atoms with Crippen LogP contribution in [0.2, 0.25) is 0 Å². The van der Waals surface area contributed by atoms with E-state index in [0.29, 0.717) is 42.5 Å². The van der Waals surface area contributed by atoms with Crippen LogP contribution in [0.4, 0.5) is 0 Å². The van der Waals surface area contributed by atoms with Crippen LogP contribution in [0.15, 0.2) is 47.6 Å². The van der Waals surface area contributed by atoms with E-state index < -0.39 is 0 Å². The van der Waals surface area contributed by atoms with E-state index in [1.165, 1.54) is 19.4 Å². The van der Waals surface area contributed by atoms with E-state index in [2.05, 4.69) is 27.1 Å². The molecular formula is C22H31N5O2. The normalized spacial score (nSPS) is 17.3. The zero-order valence-electron chi connectivity index (χ0n) is 17.3. The molecule has 0 radical (unpaired) electrons. The van der Waals surface area contributed by atoms with Gasteiger partial charge in [0.05, 0.1) is 13.2 Å². The number of ether oxygens (including phenoxy) is 2. The number of aromatic nitrogens is 1. The topological polar surface area (TPSA) is 85.0 Å². The summed E-state index contributed by atoms with van der Waals surface area (Å²) in [7, 11) is 0. The first-order valence-electron chi connectivity index (χ1n) is 10.3. The highest BCUT2D eigenvalue weighted by molar-refractivity contribution is 5.77. The molecule has 0 amide bonds. The number of nitrogens with zero attached hydrogens (tertiary/aromatic N) is 3. The number of hydrogen-bond acceptors (Lipinski definition) is 5. The molecule has 3 N–H and O–H groups in total. The Kier molecular flexibility index (Phi) is 7.69. The van der Waals surface area contributed by atoms with Gasteiger partial charge in [0.1, 0.15) is 0 Å². The Morgan fingerprint density at radius 1 is 1.24 bits per heavy atom. The second-order valence-corrected chi connectivity index (χ2v) is 6.99. The molecule has 1 aromatic carbocycles. The van der Waals surface area contributed by atoms with E-state index in [1.807, 2.05) is 43.3 Å². The molecule has 2 heterocycles. The van der Waals surface area contributed by atoms with Gasteiger partial charge in [0.15, 0.2) is 17.5 Å². The van der Waals surface area contributed by atoms with Crippen molar-refractivity contribution in [1.82, 2.24) is 15.2 Å². The van der Waals surface area contributed by atoms with Crippen LogP contribution in [0.1, 0.15) is 32.3 Å². The molecule has 1 saturated heterocycles. The average molecular weight is 398 g/mol. The lowest BCUT2D eigenvalue weighted by Gasteiger charge is -2.23. The number of rotatable bonds is 9. The maximum Gasteiger partial charge on any atom is 0.219 e. The molecule has 1 aliphatic heterocycles. The van der Waals surface area contributed by atoms with E-state index >= 15 is 0 Å². The van der Waals surface area contributed by atoms with Crippen LogP contribution >= 0.6 is 0 Å². The summed E-state index contributed by atoms with van der Waals surface area (Å²) in [5.74, 6) is 2.33. The van der Waals surface area contributed by atoms with Gasteiger partial charge in [-0.2, -0.15) is 0 Å². The molecule has 1 aliphatic rings. The third kappa shape index (κ3) is 6.09. The van der Waals surface area contributed by atoms with Gasteiger partial charge in [0, 0.05) is 24.8 Å². The molecule has 1 atom stereocenters. The lowest BCUT2D eigenvalue weighted by atomic mass is 10.2. The van der Waals surface area contributed by atoms with Crippen LogP contribution in [0.3, 0.4) is 0 Å². The summed E-state index contributed by atoms with van der Waals surface area (Å²) < 4.78 is 11.4. The standard InChI is InChI=1S/C22H31N5O2/c1-3-27-13-7-8-18(27)16-26-22(23)25-15-17-11-12-21(24-14-17)29-20-10-6-5-9-19(20)28-4-2/h5-6,9-12,14,18H,3-4,7-8,13,15-16H2,1-2H3,(H3,23,25,26). The molecule has 1 aromatic heterocycles. The largest absolute Gasteiger partial charge is 0.490 e. The molecule has 29 heavy (non-hydrogen) atoms. The van der Waals surface area contributed by atoms with Crippen LogP contribution in [-0.2, 0) is 6.54 Å². The lowest BCUT2D eigenvalue weighted by Crippen LogP contribution is -2.42. The van der Waals surface area contributed by atoms with Crippen molar-refractivity contribution in [3.05, 3.63) is 48.2 Å². The molecule has 0 aliphatic carbocycles. The van der Waals surface area contributed by atoms with Gasteiger partial charge in [-0.15, -0.1) is 0 Å². The number of pyridine rings is 1. The van der Waals surface area contributed by atoms with E-state index in [0.717, 1.165) is 18.7 Å². The lowest BCUT2D eigenvalue weighted by molar-refractivity contribution is 0.267. The number of para-hydroxylation sites is 2. The van der Waals surface area contributed by atoms with Crippen molar-refractivity contribution in [2.75, 3.05) is 26.2 Å². The highest BCUT2D eigenvalue weighted by atomic mass is 16.5. The first kappa shape index (κ1) is 20.9. The first-order chi connectivity index (χ1) is 14.2. The molecule has 0 spiro atoms. The fourth-order valence-electron chi connectivity index (χ4n) is 3.48. The summed E-state index contributed by atoms with van der Waals surface area (Å²) in [5.41, 5.74) is 6.99. The second-order valence-electron chi connectivity index (χ2n) is 6.99. The van der Waals surface area contributed by atoms with Crippen molar-refractivity contribution in [1.29, 1.82) is 0 Å². The summed E-state index contributed by atoms with van der Waals surface area (Å²) in [6.07, 6.45) is 4.23. The van der Waals surface area contributed by atoms with Gasteiger partial charge in [-0.1, -0.05) is 25.1 Å². The molecule has 0 saturated carbocycles. The molecule has 156 valence electrons. The number of likely N-dealkylation sites (tertiary alicyclic amines) is 1. The van der Waals surface area contributed by atoms with Gasteiger partial charge in [-0.05, 0) is 50.6 Å². The molecule has 0 bridgehead atoms. The van der Waals surface area contributed by atoms with Crippen molar-refractivity contribution < 1.29 is 9.47 Å². The number of nitrogens with two attached hydrogens (primary N) is 1. The summed E-state index contributed by atoms with van der Waals surface area (Å²) in [6.45, 7) is 8.30. The quantitative estimate of drug-likeness (QED) is 0.499. The Labute approximate surface area is 172 Å². The summed E-state index contributed by atoms with van der Waals surface area (Å²) in [5, 5.41) is 3.25. The predicted octanol–water partition coefficient (Wildman–Crippen LogP) is 3.16. The summed E-state index contributed by atoms with van der Waals surface area (Å²) in [4.78, 5) is 11.3. The second kappa shape index (κ2) is 10.7. The number of aliphatic imine (C=N–C) groups is 1. The molecule has 7 nitrogen and oxygen atoms in total. The Morgan fingerprint density at radius 2 is 2.07 bits per heavy atom. The van der Waals surface area contributed by atoms with E-state index in [9.17, 15) is 0 Å². The van der Waals surface area contributed by atoms with Crippen LogP contribution in [-0.4, -0.2) is 48.1 Å². The van der Waals surface area contributed by atoms with Gasteiger partial charge in [-0.25, -0.2) is 9.98 Å². The fraction of sp³-hybridized carbons (Fsp3) is 0.455. The molecule has 7 heteroatoms. The third-order valence-electron chi connectivity index (χ3n) is 5.02. The average Bonchev–Trinajstić information content (AvgIpc) is 3.21. The Balaban J connectivity index is 1.50. The predicted molar refractivity (Wildman–Crippen MR) is 116 cm³/mol. The molecule has 1 fully saturated rings. The Bertz CT molecular complexity index is 794. The zero-order chi connectivity index (χ0) is 20.5. The molecular weight excluding hydrogens is 366 g/mol. The van der Waals surface area contributed by atoms with Crippen LogP contribution in [0.5, 0.6) is 17.4 Å². The number of guanidine groups is 1. The molecule has 1 unspecified atom stereocenters. The van der Waals surface area contributed by atoms with Crippen LogP contribution in [0.25, 0.3) is 0 Å². The maximum atomic E-state index is 6.03. The SMILES string of the molecule is CCOc1ccccc1Oc1ccc(CN=C(N)NCC2CCCN2CC)cn1. The Morgan fingerprint density at radius 3 is 2.79 bits per heavy atom. The minimum Gasteiger partial charge on any atom is -0.490 e. The summed E-state index contributed by atoms with van der Waals surface area (Å²) >= 11 is 0. The van der Waals surface area contributed by atoms with Gasteiger partial charge >= 0.3 is 0 Å². The van der Waals surface area contributed by atoms with Crippen LogP contribution in [0, 0.1) is 0 Å². The monoisotopic (exact) mass is 397 g/mol. The highest BCUT2D eigenvalue weighted by Crippen LogP contribution is 2.30. The van der Waals surface area contributed by atoms with Crippen LogP contribution < -0.4 is 20.5 Å². The maximum absolute atomic E-state index is 6.03. The van der Waals surface area contributed by atoms with Crippen molar-refractivity contribution in [2.45, 2.75) is 39.3 Å². The summed E-state index contributed by atoms with van der Waals surface area (Å²) in [6, 6.07) is 11.9. The van der Waals surface area contributed by atoms with Gasteiger partial charge in [0.2, 0.25) is 5.88 Å². The van der Waals surface area contributed by atoms with Gasteiger partial charge < -0.3 is 20.5 Å². The van der Waals surface area contributed by atoms with Crippen molar-refractivity contribution in [3.63, 3.8) is 0 Å². The first-order valence-corrected chi connectivity index (χ1v) is 10.3. The number of likely N-dealkylation sites (N-methyl/N-ethyl adjacent to an activating group) is 1. The van der Waals surface area contributed by atoms with Crippen molar-refractivity contribution in [2.24, 2.45) is 10.7 Å².